The number of rotatable bonds is 12. The predicted octanol–water partition coefficient (Wildman–Crippen LogP) is 5.09. The number of Topliss-reactive ketones (excluding diaryl/α,β-unsaturated/α-hetero) is 1. The Morgan fingerprint density at radius 1 is 0.935 bits per heavy atom. The first-order chi connectivity index (χ1) is 21.8. The van der Waals surface area contributed by atoms with Crippen LogP contribution in [-0.4, -0.2) is 62.5 Å². The molecule has 3 aromatic rings. The number of nitrogens with one attached hydrogen (secondary N) is 2. The highest BCUT2D eigenvalue weighted by Crippen LogP contribution is 2.30. The van der Waals surface area contributed by atoms with Crippen molar-refractivity contribution in [3.63, 3.8) is 0 Å². The van der Waals surface area contributed by atoms with E-state index in [1.807, 2.05) is 0 Å². The second-order valence-corrected chi connectivity index (χ2v) is 10.9. The zero-order chi connectivity index (χ0) is 33.4. The van der Waals surface area contributed by atoms with E-state index in [0.29, 0.717) is 23.7 Å². The number of ether oxygens (including phenoxy) is 2. The fourth-order valence-electron chi connectivity index (χ4n) is 5.31. The number of halogens is 7. The van der Waals surface area contributed by atoms with Gasteiger partial charge in [-0.3, -0.25) is 4.79 Å². The normalized spacial score (nSPS) is 18.1. The van der Waals surface area contributed by atoms with E-state index in [9.17, 15) is 35.9 Å². The summed E-state index contributed by atoms with van der Waals surface area (Å²) in [5, 5.41) is 4.67. The van der Waals surface area contributed by atoms with E-state index in [1.54, 1.807) is 11.4 Å². The summed E-state index contributed by atoms with van der Waals surface area (Å²) in [6.07, 6.45) is -6.86. The van der Waals surface area contributed by atoms with Gasteiger partial charge in [0.15, 0.2) is 5.78 Å². The maximum atomic E-state index is 15.1. The number of hydrogen-bond acceptors (Lipinski definition) is 6. The molecule has 0 aromatic heterocycles. The molecule has 0 spiro atoms. The number of nitrogens with two attached hydrogens (primary N) is 1. The Morgan fingerprint density at radius 2 is 1.61 bits per heavy atom. The molecule has 0 bridgehead atoms. The van der Waals surface area contributed by atoms with E-state index in [4.69, 9.17) is 15.2 Å². The monoisotopic (exact) mass is 655 g/mol. The molecule has 3 aromatic carbocycles. The van der Waals surface area contributed by atoms with E-state index in [1.165, 1.54) is 24.3 Å². The number of alkyl carbamates (subject to hydrolysis) is 1. The standard InChI is InChI=1S/C32H32F7N3O4/c33-21-6-4-18(5-7-21)29(20-10-22(34)13-23(35)11-20)30(40)28(43)12-19-2-1-3-27(36)26(19)9-8-24-14-41-15-25(46-24)16-45-31(44)42-17-32(37,38)39/h1-7,10-11,13,24-25,29-30,41H,8-9,12,14-17,40H2,(H,42,44)/t24-,25+,29+,30-/m1/s1. The van der Waals surface area contributed by atoms with Crippen molar-refractivity contribution in [2.24, 2.45) is 5.73 Å². The van der Waals surface area contributed by atoms with Crippen molar-refractivity contribution >= 4 is 11.9 Å². The van der Waals surface area contributed by atoms with Crippen LogP contribution in [0.1, 0.15) is 34.6 Å². The fraction of sp³-hybridized carbons (Fsp3) is 0.375. The quantitative estimate of drug-likeness (QED) is 0.235. The summed E-state index contributed by atoms with van der Waals surface area (Å²) in [4.78, 5) is 25.1. The van der Waals surface area contributed by atoms with Gasteiger partial charge in [0.25, 0.3) is 0 Å². The minimum Gasteiger partial charge on any atom is -0.447 e. The van der Waals surface area contributed by atoms with Crippen molar-refractivity contribution in [2.75, 3.05) is 26.2 Å². The number of morpholine rings is 1. The molecule has 4 N–H and O–H groups in total. The van der Waals surface area contributed by atoms with Gasteiger partial charge in [0.1, 0.15) is 42.5 Å². The number of hydrogen-bond donors (Lipinski definition) is 3. The molecular formula is C32H32F7N3O4. The zero-order valence-corrected chi connectivity index (χ0v) is 24.4. The molecule has 1 aliphatic rings. The van der Waals surface area contributed by atoms with Crippen molar-refractivity contribution in [2.45, 2.75) is 49.6 Å². The molecule has 1 heterocycles. The highest BCUT2D eigenvalue weighted by Gasteiger charge is 2.31. The van der Waals surface area contributed by atoms with Gasteiger partial charge in [-0.1, -0.05) is 24.3 Å². The van der Waals surface area contributed by atoms with E-state index < -0.39 is 72.0 Å². The van der Waals surface area contributed by atoms with Gasteiger partial charge in [-0.05, 0) is 65.4 Å². The summed E-state index contributed by atoms with van der Waals surface area (Å²) < 4.78 is 104. The van der Waals surface area contributed by atoms with Crippen molar-refractivity contribution in [1.29, 1.82) is 0 Å². The Morgan fingerprint density at radius 3 is 2.28 bits per heavy atom. The lowest BCUT2D eigenvalue weighted by Gasteiger charge is -2.31. The molecule has 1 fully saturated rings. The summed E-state index contributed by atoms with van der Waals surface area (Å²) >= 11 is 0. The van der Waals surface area contributed by atoms with Crippen LogP contribution in [0.3, 0.4) is 0 Å². The van der Waals surface area contributed by atoms with Gasteiger partial charge in [-0.2, -0.15) is 13.2 Å². The van der Waals surface area contributed by atoms with Gasteiger partial charge in [-0.25, -0.2) is 22.4 Å². The molecule has 1 amide bonds. The van der Waals surface area contributed by atoms with Crippen LogP contribution in [0.2, 0.25) is 0 Å². The fourth-order valence-corrected chi connectivity index (χ4v) is 5.31. The Labute approximate surface area is 260 Å². The molecule has 0 radical (unpaired) electrons. The second kappa shape index (κ2) is 15.5. The molecule has 0 aliphatic carbocycles. The van der Waals surface area contributed by atoms with Crippen molar-refractivity contribution < 1.29 is 49.8 Å². The zero-order valence-electron chi connectivity index (χ0n) is 24.4. The average Bonchev–Trinajstić information content (AvgIpc) is 2.99. The number of alkyl halides is 3. The molecule has 4 rings (SSSR count). The minimum atomic E-state index is -4.58. The first-order valence-corrected chi connectivity index (χ1v) is 14.4. The summed E-state index contributed by atoms with van der Waals surface area (Å²) in [6, 6.07) is 10.7. The summed E-state index contributed by atoms with van der Waals surface area (Å²) in [6.45, 7) is -1.21. The van der Waals surface area contributed by atoms with Crippen LogP contribution < -0.4 is 16.4 Å². The molecule has 4 atom stereocenters. The van der Waals surface area contributed by atoms with Crippen molar-refractivity contribution in [3.8, 4) is 0 Å². The van der Waals surface area contributed by atoms with Crippen LogP contribution in [0, 0.1) is 23.3 Å². The van der Waals surface area contributed by atoms with Gasteiger partial charge >= 0.3 is 12.3 Å². The first-order valence-electron chi connectivity index (χ1n) is 14.4. The maximum absolute atomic E-state index is 15.1. The average molecular weight is 656 g/mol. The SMILES string of the molecule is N[C@H](C(=O)Cc1cccc(F)c1CC[C@@H]1CNC[C@@H](COC(=O)NCC(F)(F)F)O1)[C@@H](c1ccc(F)cc1)c1cc(F)cc(F)c1. The van der Waals surface area contributed by atoms with Crippen LogP contribution in [0.4, 0.5) is 35.5 Å². The van der Waals surface area contributed by atoms with Crippen LogP contribution in [0.5, 0.6) is 0 Å². The highest BCUT2D eigenvalue weighted by molar-refractivity contribution is 5.87. The third-order valence-electron chi connectivity index (χ3n) is 7.46. The molecule has 0 unspecified atom stereocenters. The molecule has 0 saturated carbocycles. The number of carbonyl (C=O) groups excluding carboxylic acids is 2. The van der Waals surface area contributed by atoms with Crippen LogP contribution >= 0.6 is 0 Å². The van der Waals surface area contributed by atoms with Crippen LogP contribution in [0.25, 0.3) is 0 Å². The summed E-state index contributed by atoms with van der Waals surface area (Å²) in [7, 11) is 0. The summed E-state index contributed by atoms with van der Waals surface area (Å²) in [5.41, 5.74) is 7.38. The third-order valence-corrected chi connectivity index (χ3v) is 7.46. The molecular weight excluding hydrogens is 623 g/mol. The first kappa shape index (κ1) is 34.9. The maximum Gasteiger partial charge on any atom is 0.407 e. The Hall–Kier alpha value is -4.01. The molecule has 1 saturated heterocycles. The number of carbonyl (C=O) groups is 2. The summed E-state index contributed by atoms with van der Waals surface area (Å²) in [5.74, 6) is -4.49. The van der Waals surface area contributed by atoms with Crippen molar-refractivity contribution in [1.82, 2.24) is 10.6 Å². The van der Waals surface area contributed by atoms with E-state index >= 15 is 4.39 Å². The van der Waals surface area contributed by atoms with Gasteiger partial charge in [-0.15, -0.1) is 0 Å². The number of amides is 1. The lowest BCUT2D eigenvalue weighted by Crippen LogP contribution is -2.47. The topological polar surface area (TPSA) is 103 Å². The number of ketones is 1. The third kappa shape index (κ3) is 9.99. The van der Waals surface area contributed by atoms with E-state index in [0.717, 1.165) is 24.3 Å². The highest BCUT2D eigenvalue weighted by atomic mass is 19.4. The van der Waals surface area contributed by atoms with Gasteiger partial charge < -0.3 is 25.8 Å². The molecule has 14 heteroatoms. The van der Waals surface area contributed by atoms with E-state index in [-0.39, 0.29) is 43.5 Å². The second-order valence-electron chi connectivity index (χ2n) is 10.9. The van der Waals surface area contributed by atoms with Gasteiger partial charge in [0.2, 0.25) is 0 Å². The smallest absolute Gasteiger partial charge is 0.407 e. The molecule has 46 heavy (non-hydrogen) atoms. The lowest BCUT2D eigenvalue weighted by molar-refractivity contribution is -0.124. The van der Waals surface area contributed by atoms with Gasteiger partial charge in [0, 0.05) is 31.5 Å². The molecule has 248 valence electrons. The Kier molecular flexibility index (Phi) is 11.8. The number of benzene rings is 3. The minimum absolute atomic E-state index is 0.0720. The Bertz CT molecular complexity index is 1480. The molecule has 7 nitrogen and oxygen atoms in total. The van der Waals surface area contributed by atoms with Crippen molar-refractivity contribution in [3.05, 3.63) is 106 Å². The van der Waals surface area contributed by atoms with Crippen LogP contribution in [-0.2, 0) is 27.1 Å². The Balaban J connectivity index is 1.42. The van der Waals surface area contributed by atoms with Crippen LogP contribution in [0.15, 0.2) is 60.7 Å². The predicted molar refractivity (Wildman–Crippen MR) is 153 cm³/mol. The largest absolute Gasteiger partial charge is 0.447 e. The molecule has 1 aliphatic heterocycles. The lowest BCUT2D eigenvalue weighted by atomic mass is 9.82. The van der Waals surface area contributed by atoms with E-state index in [2.05, 4.69) is 5.32 Å². The van der Waals surface area contributed by atoms with Gasteiger partial charge in [0.05, 0.1) is 12.1 Å².